The van der Waals surface area contributed by atoms with E-state index >= 15 is 0 Å². The quantitative estimate of drug-likeness (QED) is 0.434. The third-order valence-electron chi connectivity index (χ3n) is 3.12. The van der Waals surface area contributed by atoms with Gasteiger partial charge in [-0.3, -0.25) is 0 Å². The molecule has 2 aromatic carbocycles. The van der Waals surface area contributed by atoms with E-state index in [4.69, 9.17) is 9.47 Å². The molecule has 4 nitrogen and oxygen atoms in total. The molecule has 0 heterocycles. The van der Waals surface area contributed by atoms with Crippen LogP contribution in [0.4, 0.5) is 13.2 Å². The number of allylic oxidation sites excluding steroid dienone is 1. The lowest BCUT2D eigenvalue weighted by Gasteiger charge is -2.14. The van der Waals surface area contributed by atoms with Crippen LogP contribution in [0.1, 0.15) is 12.5 Å². The van der Waals surface area contributed by atoms with Gasteiger partial charge >= 0.3 is 12.1 Å². The van der Waals surface area contributed by atoms with E-state index < -0.39 is 17.7 Å². The first-order chi connectivity index (χ1) is 11.8. The zero-order valence-electron chi connectivity index (χ0n) is 13.5. The Morgan fingerprint density at radius 3 is 2.16 bits per heavy atom. The van der Waals surface area contributed by atoms with Crippen LogP contribution in [0.15, 0.2) is 60.4 Å². The van der Waals surface area contributed by atoms with Gasteiger partial charge < -0.3 is 14.2 Å². The Labute approximate surface area is 142 Å². The SMILES string of the molecule is CC=C(Oc1ccc(Oc2ccccc2C(F)(F)F)cc1)C(=O)OC. The van der Waals surface area contributed by atoms with Crippen LogP contribution in [-0.2, 0) is 15.7 Å². The first kappa shape index (κ1) is 18.4. The number of para-hydroxylation sites is 1. The third-order valence-corrected chi connectivity index (χ3v) is 3.12. The summed E-state index contributed by atoms with van der Waals surface area (Å²) >= 11 is 0. The van der Waals surface area contributed by atoms with Gasteiger partial charge in [-0.2, -0.15) is 13.2 Å². The van der Waals surface area contributed by atoms with Crippen LogP contribution in [0.5, 0.6) is 17.2 Å². The number of esters is 1. The third kappa shape index (κ3) is 4.76. The summed E-state index contributed by atoms with van der Waals surface area (Å²) in [5.74, 6) is -0.424. The summed E-state index contributed by atoms with van der Waals surface area (Å²) < 4.78 is 54.1. The highest BCUT2D eigenvalue weighted by Gasteiger charge is 2.34. The minimum Gasteiger partial charge on any atom is -0.463 e. The first-order valence-corrected chi connectivity index (χ1v) is 7.21. The molecule has 0 unspecified atom stereocenters. The predicted octanol–water partition coefficient (Wildman–Crippen LogP) is 4.95. The molecule has 2 rings (SSSR count). The Morgan fingerprint density at radius 2 is 1.60 bits per heavy atom. The zero-order valence-corrected chi connectivity index (χ0v) is 13.5. The standard InChI is InChI=1S/C18H15F3O4/c1-3-15(17(22)23-2)24-12-8-10-13(11-9-12)25-16-7-5-4-6-14(16)18(19,20)21/h3-11H,1-2H3. The highest BCUT2D eigenvalue weighted by atomic mass is 19.4. The molecule has 0 radical (unpaired) electrons. The van der Waals surface area contributed by atoms with E-state index in [1.807, 2.05) is 0 Å². The summed E-state index contributed by atoms with van der Waals surface area (Å²) in [7, 11) is 1.23. The van der Waals surface area contributed by atoms with Crippen molar-refractivity contribution in [2.45, 2.75) is 13.1 Å². The Bertz CT molecular complexity index is 765. The summed E-state index contributed by atoms with van der Waals surface area (Å²) in [4.78, 5) is 11.4. The van der Waals surface area contributed by atoms with Crippen molar-refractivity contribution in [3.63, 3.8) is 0 Å². The van der Waals surface area contributed by atoms with E-state index in [2.05, 4.69) is 4.74 Å². The molecule has 0 aliphatic rings. The second kappa shape index (κ2) is 7.74. The Hall–Kier alpha value is -2.96. The van der Waals surface area contributed by atoms with E-state index in [-0.39, 0.29) is 17.3 Å². The predicted molar refractivity (Wildman–Crippen MR) is 84.4 cm³/mol. The molecule has 0 atom stereocenters. The summed E-state index contributed by atoms with van der Waals surface area (Å²) in [6.07, 6.45) is -3.07. The molecule has 0 fully saturated rings. The van der Waals surface area contributed by atoms with Gasteiger partial charge in [0.1, 0.15) is 17.2 Å². The molecule has 0 saturated carbocycles. The summed E-state index contributed by atoms with van der Waals surface area (Å²) in [6, 6.07) is 10.7. The molecule has 0 N–H and O–H groups in total. The minimum absolute atomic E-state index is 0.00131. The van der Waals surface area contributed by atoms with E-state index in [1.165, 1.54) is 55.7 Å². The number of alkyl halides is 3. The van der Waals surface area contributed by atoms with E-state index in [0.29, 0.717) is 5.75 Å². The van der Waals surface area contributed by atoms with Gasteiger partial charge in [0.2, 0.25) is 5.76 Å². The number of halogens is 3. The van der Waals surface area contributed by atoms with E-state index in [1.54, 1.807) is 6.92 Å². The van der Waals surface area contributed by atoms with Gasteiger partial charge in [-0.05, 0) is 49.4 Å². The van der Waals surface area contributed by atoms with Crippen molar-refractivity contribution < 1.29 is 32.2 Å². The Morgan fingerprint density at radius 1 is 1.00 bits per heavy atom. The van der Waals surface area contributed by atoms with Crippen molar-refractivity contribution in [2.75, 3.05) is 7.11 Å². The number of hydrogen-bond acceptors (Lipinski definition) is 4. The average Bonchev–Trinajstić information content (AvgIpc) is 2.60. The lowest BCUT2D eigenvalue weighted by molar-refractivity contribution is -0.139. The Balaban J connectivity index is 2.16. The van der Waals surface area contributed by atoms with Gasteiger partial charge in [-0.25, -0.2) is 4.79 Å². The maximum Gasteiger partial charge on any atom is 0.419 e. The molecule has 0 aliphatic carbocycles. The monoisotopic (exact) mass is 352 g/mol. The van der Waals surface area contributed by atoms with Crippen molar-refractivity contribution in [3.8, 4) is 17.2 Å². The number of benzene rings is 2. The van der Waals surface area contributed by atoms with Crippen molar-refractivity contribution in [1.82, 2.24) is 0 Å². The van der Waals surface area contributed by atoms with Gasteiger partial charge in [0, 0.05) is 0 Å². The lowest BCUT2D eigenvalue weighted by Crippen LogP contribution is -2.10. The highest BCUT2D eigenvalue weighted by molar-refractivity contribution is 5.86. The molecule has 132 valence electrons. The van der Waals surface area contributed by atoms with Crippen molar-refractivity contribution >= 4 is 5.97 Å². The largest absolute Gasteiger partial charge is 0.463 e. The fourth-order valence-electron chi connectivity index (χ4n) is 1.94. The molecule has 2 aromatic rings. The van der Waals surface area contributed by atoms with E-state index in [9.17, 15) is 18.0 Å². The van der Waals surface area contributed by atoms with Gasteiger partial charge in [-0.15, -0.1) is 0 Å². The molecule has 0 aromatic heterocycles. The second-order valence-corrected chi connectivity index (χ2v) is 4.81. The van der Waals surface area contributed by atoms with E-state index in [0.717, 1.165) is 6.07 Å². The average molecular weight is 352 g/mol. The molecule has 0 spiro atoms. The molecule has 0 saturated heterocycles. The molecular weight excluding hydrogens is 337 g/mol. The van der Waals surface area contributed by atoms with Gasteiger partial charge in [0.05, 0.1) is 12.7 Å². The maximum absolute atomic E-state index is 13.0. The minimum atomic E-state index is -4.51. The maximum atomic E-state index is 13.0. The van der Waals surface area contributed by atoms with Crippen molar-refractivity contribution in [3.05, 3.63) is 65.9 Å². The van der Waals surface area contributed by atoms with Crippen LogP contribution < -0.4 is 9.47 Å². The normalized spacial score (nSPS) is 11.8. The van der Waals surface area contributed by atoms with Crippen LogP contribution >= 0.6 is 0 Å². The Kier molecular flexibility index (Phi) is 5.69. The number of ether oxygens (including phenoxy) is 3. The fourth-order valence-corrected chi connectivity index (χ4v) is 1.94. The van der Waals surface area contributed by atoms with Crippen LogP contribution in [0.2, 0.25) is 0 Å². The number of rotatable bonds is 5. The van der Waals surface area contributed by atoms with Gasteiger partial charge in [0.25, 0.3) is 0 Å². The van der Waals surface area contributed by atoms with Crippen molar-refractivity contribution in [1.29, 1.82) is 0 Å². The fraction of sp³-hybridized carbons (Fsp3) is 0.167. The molecule has 0 amide bonds. The number of carbonyl (C=O) groups is 1. The lowest BCUT2D eigenvalue weighted by atomic mass is 10.2. The topological polar surface area (TPSA) is 44.8 Å². The van der Waals surface area contributed by atoms with Crippen LogP contribution in [0.25, 0.3) is 0 Å². The smallest absolute Gasteiger partial charge is 0.419 e. The van der Waals surface area contributed by atoms with Crippen LogP contribution in [0.3, 0.4) is 0 Å². The highest BCUT2D eigenvalue weighted by Crippen LogP contribution is 2.38. The number of hydrogen-bond donors (Lipinski definition) is 0. The van der Waals surface area contributed by atoms with Crippen LogP contribution in [0, 0.1) is 0 Å². The summed E-state index contributed by atoms with van der Waals surface area (Å²) in [5, 5.41) is 0. The molecule has 25 heavy (non-hydrogen) atoms. The summed E-state index contributed by atoms with van der Waals surface area (Å²) in [6.45, 7) is 1.61. The number of methoxy groups -OCH3 is 1. The second-order valence-electron chi connectivity index (χ2n) is 4.81. The van der Waals surface area contributed by atoms with Crippen molar-refractivity contribution in [2.24, 2.45) is 0 Å². The zero-order chi connectivity index (χ0) is 18.4. The number of carbonyl (C=O) groups excluding carboxylic acids is 1. The molecule has 0 bridgehead atoms. The molecule has 0 aliphatic heterocycles. The molecule has 7 heteroatoms. The van der Waals surface area contributed by atoms with Gasteiger partial charge in [-0.1, -0.05) is 12.1 Å². The molecular formula is C18H15F3O4. The first-order valence-electron chi connectivity index (χ1n) is 7.21. The summed E-state index contributed by atoms with van der Waals surface area (Å²) in [5.41, 5.74) is -0.864. The van der Waals surface area contributed by atoms with Gasteiger partial charge in [0.15, 0.2) is 0 Å². The van der Waals surface area contributed by atoms with Crippen LogP contribution in [-0.4, -0.2) is 13.1 Å².